The number of nitrogens with two attached hydrogens (primary N) is 1. The lowest BCUT2D eigenvalue weighted by atomic mass is 9.65. The van der Waals surface area contributed by atoms with Crippen LogP contribution in [0.1, 0.15) is 44.7 Å². The number of anilines is 1. The number of benzene rings is 1. The minimum Gasteiger partial charge on any atom is -0.327 e. The van der Waals surface area contributed by atoms with Gasteiger partial charge in [-0.2, -0.15) is 0 Å². The number of fused-ring (bicyclic) bond motifs is 2. The molecule has 2 aromatic rings. The number of aromatic amines is 1. The van der Waals surface area contributed by atoms with Gasteiger partial charge in [0.05, 0.1) is 0 Å². The van der Waals surface area contributed by atoms with Crippen LogP contribution in [0, 0.1) is 17.8 Å². The van der Waals surface area contributed by atoms with E-state index < -0.39 is 0 Å². The highest BCUT2D eigenvalue weighted by Gasteiger charge is 2.40. The van der Waals surface area contributed by atoms with Gasteiger partial charge in [0.25, 0.3) is 5.56 Å². The molecule has 0 radical (unpaired) electrons. The smallest absolute Gasteiger partial charge is 0.251 e. The highest BCUT2D eigenvalue weighted by Crippen LogP contribution is 2.42. The summed E-state index contributed by atoms with van der Waals surface area (Å²) in [4.78, 5) is 32.0. The first-order valence-corrected chi connectivity index (χ1v) is 10.3. The van der Waals surface area contributed by atoms with Gasteiger partial charge in [-0.05, 0) is 56.1 Å². The molecule has 6 heteroatoms. The Bertz CT molecular complexity index is 909. The van der Waals surface area contributed by atoms with Crippen LogP contribution in [0.3, 0.4) is 0 Å². The molecule has 2 aliphatic rings. The van der Waals surface area contributed by atoms with E-state index in [1.165, 1.54) is 12.5 Å². The molecule has 4 rings (SSSR count). The van der Waals surface area contributed by atoms with Crippen LogP contribution in [0.4, 0.5) is 5.69 Å². The van der Waals surface area contributed by atoms with Crippen LogP contribution in [0.15, 0.2) is 35.1 Å². The number of nitrogens with zero attached hydrogens (tertiary/aromatic N) is 1. The number of H-pyrrole nitrogens is 1. The summed E-state index contributed by atoms with van der Waals surface area (Å²) in [6.45, 7) is 1.97. The minimum atomic E-state index is -0.165. The van der Waals surface area contributed by atoms with Gasteiger partial charge in [0.2, 0.25) is 5.91 Å². The van der Waals surface area contributed by atoms with Gasteiger partial charge in [0, 0.05) is 35.0 Å². The van der Waals surface area contributed by atoms with Gasteiger partial charge in [0.15, 0.2) is 0 Å². The van der Waals surface area contributed by atoms with E-state index in [1.807, 2.05) is 31.2 Å². The van der Waals surface area contributed by atoms with Crippen molar-refractivity contribution < 1.29 is 4.79 Å². The number of aromatic nitrogens is 2. The Morgan fingerprint density at radius 2 is 2.00 bits per heavy atom. The molecule has 2 saturated carbocycles. The summed E-state index contributed by atoms with van der Waals surface area (Å²) in [5.41, 5.74) is 8.45. The summed E-state index contributed by atoms with van der Waals surface area (Å²) in [7, 11) is 0. The number of amides is 1. The Balaban J connectivity index is 1.50. The Morgan fingerprint density at radius 1 is 1.25 bits per heavy atom. The zero-order valence-corrected chi connectivity index (χ0v) is 16.3. The molecule has 4 N–H and O–H groups in total. The fourth-order valence-corrected chi connectivity index (χ4v) is 4.82. The minimum absolute atomic E-state index is 0.0279. The highest BCUT2D eigenvalue weighted by molar-refractivity contribution is 5.93. The summed E-state index contributed by atoms with van der Waals surface area (Å²) in [5, 5.41) is 3.07. The number of rotatable bonds is 4. The Labute approximate surface area is 165 Å². The van der Waals surface area contributed by atoms with Crippen LogP contribution in [-0.4, -0.2) is 21.9 Å². The van der Waals surface area contributed by atoms with E-state index in [-0.39, 0.29) is 23.4 Å². The first-order chi connectivity index (χ1) is 13.5. The van der Waals surface area contributed by atoms with Gasteiger partial charge in [-0.3, -0.25) is 9.59 Å². The average molecular weight is 380 g/mol. The zero-order valence-electron chi connectivity index (χ0n) is 16.3. The molecule has 1 aromatic carbocycles. The van der Waals surface area contributed by atoms with Crippen molar-refractivity contribution in [3.8, 4) is 11.4 Å². The molecule has 148 valence electrons. The molecule has 0 aliphatic heterocycles. The largest absolute Gasteiger partial charge is 0.327 e. The van der Waals surface area contributed by atoms with Crippen LogP contribution in [0.25, 0.3) is 11.4 Å². The first kappa shape index (κ1) is 18.9. The van der Waals surface area contributed by atoms with E-state index >= 15 is 0 Å². The molecule has 2 bridgehead atoms. The molecule has 2 unspecified atom stereocenters. The SMILES string of the molecule is CCc1cc(=O)[nH]c(-c2cccc(NC(=O)C3CC4CCCC(C3)C4N)c2)n1. The van der Waals surface area contributed by atoms with Gasteiger partial charge >= 0.3 is 0 Å². The maximum atomic E-state index is 12.9. The number of carbonyl (C=O) groups is 1. The molecule has 1 heterocycles. The van der Waals surface area contributed by atoms with Gasteiger partial charge < -0.3 is 16.0 Å². The fraction of sp³-hybridized carbons (Fsp3) is 0.500. The van der Waals surface area contributed by atoms with Crippen molar-refractivity contribution in [2.24, 2.45) is 23.5 Å². The van der Waals surface area contributed by atoms with Crippen LogP contribution < -0.4 is 16.6 Å². The molecule has 2 aliphatic carbocycles. The van der Waals surface area contributed by atoms with Gasteiger partial charge in [-0.15, -0.1) is 0 Å². The summed E-state index contributed by atoms with van der Waals surface area (Å²) in [6.07, 6.45) is 5.99. The second-order valence-electron chi connectivity index (χ2n) is 8.21. The van der Waals surface area contributed by atoms with Crippen LogP contribution in [-0.2, 0) is 11.2 Å². The van der Waals surface area contributed by atoms with E-state index in [0.717, 1.165) is 42.6 Å². The van der Waals surface area contributed by atoms with Crippen LogP contribution in [0.5, 0.6) is 0 Å². The van der Waals surface area contributed by atoms with Crippen molar-refractivity contribution in [1.82, 2.24) is 9.97 Å². The standard InChI is InChI=1S/C22H28N4O2/c1-2-17-12-19(27)26-21(24-17)15-7-4-8-18(11-15)25-22(28)16-9-13-5-3-6-14(10-16)20(13)23/h4,7-8,11-14,16,20H,2-3,5-6,9-10,23H2,1H3,(H,25,28)(H,24,26,27). The number of aryl methyl sites for hydroxylation is 1. The highest BCUT2D eigenvalue weighted by atomic mass is 16.2. The summed E-state index contributed by atoms with van der Waals surface area (Å²) >= 11 is 0. The second-order valence-corrected chi connectivity index (χ2v) is 8.21. The molecule has 28 heavy (non-hydrogen) atoms. The second kappa shape index (κ2) is 7.87. The zero-order chi connectivity index (χ0) is 19.7. The third-order valence-electron chi connectivity index (χ3n) is 6.34. The lowest BCUT2D eigenvalue weighted by Crippen LogP contribution is -2.48. The predicted octanol–water partition coefficient (Wildman–Crippen LogP) is 3.09. The summed E-state index contributed by atoms with van der Waals surface area (Å²) in [5.74, 6) is 1.57. The quantitative estimate of drug-likeness (QED) is 0.759. The molecule has 2 fully saturated rings. The monoisotopic (exact) mass is 380 g/mol. The normalized spacial score (nSPS) is 26.6. The van der Waals surface area contributed by atoms with E-state index in [4.69, 9.17) is 5.73 Å². The van der Waals surface area contributed by atoms with Crippen molar-refractivity contribution in [3.05, 3.63) is 46.4 Å². The van der Waals surface area contributed by atoms with Crippen molar-refractivity contribution in [1.29, 1.82) is 0 Å². The lowest BCUT2D eigenvalue weighted by Gasteiger charge is -2.43. The van der Waals surface area contributed by atoms with E-state index in [9.17, 15) is 9.59 Å². The van der Waals surface area contributed by atoms with Crippen LogP contribution >= 0.6 is 0 Å². The molecule has 2 atom stereocenters. The van der Waals surface area contributed by atoms with E-state index in [1.54, 1.807) is 0 Å². The topological polar surface area (TPSA) is 101 Å². The molecule has 1 amide bonds. The average Bonchev–Trinajstić information content (AvgIpc) is 2.67. The third-order valence-corrected chi connectivity index (χ3v) is 6.34. The molecular formula is C22H28N4O2. The van der Waals surface area contributed by atoms with Gasteiger partial charge in [0.1, 0.15) is 5.82 Å². The Morgan fingerprint density at radius 3 is 2.71 bits per heavy atom. The van der Waals surface area contributed by atoms with Crippen molar-refractivity contribution >= 4 is 11.6 Å². The summed E-state index contributed by atoms with van der Waals surface area (Å²) < 4.78 is 0. The van der Waals surface area contributed by atoms with E-state index in [2.05, 4.69) is 15.3 Å². The fourth-order valence-electron chi connectivity index (χ4n) is 4.82. The lowest BCUT2D eigenvalue weighted by molar-refractivity contribution is -0.122. The number of carbonyl (C=O) groups excluding carboxylic acids is 1. The van der Waals surface area contributed by atoms with E-state index in [0.29, 0.717) is 24.1 Å². The molecule has 1 aromatic heterocycles. The summed E-state index contributed by atoms with van der Waals surface area (Å²) in [6, 6.07) is 9.27. The first-order valence-electron chi connectivity index (χ1n) is 10.3. The van der Waals surface area contributed by atoms with Crippen molar-refractivity contribution in [2.75, 3.05) is 5.32 Å². The van der Waals surface area contributed by atoms with Gasteiger partial charge in [-0.25, -0.2) is 4.98 Å². The number of nitrogens with one attached hydrogen (secondary N) is 2. The van der Waals surface area contributed by atoms with Crippen molar-refractivity contribution in [3.63, 3.8) is 0 Å². The molecule has 0 saturated heterocycles. The van der Waals surface area contributed by atoms with Crippen LogP contribution in [0.2, 0.25) is 0 Å². The third kappa shape index (κ3) is 3.87. The molecular weight excluding hydrogens is 352 g/mol. The maximum Gasteiger partial charge on any atom is 0.251 e. The maximum absolute atomic E-state index is 12.9. The Kier molecular flexibility index (Phi) is 5.31. The Hall–Kier alpha value is -2.47. The molecule has 6 nitrogen and oxygen atoms in total. The predicted molar refractivity (Wildman–Crippen MR) is 110 cm³/mol. The number of hydrogen-bond donors (Lipinski definition) is 3. The van der Waals surface area contributed by atoms with Crippen molar-refractivity contribution in [2.45, 2.75) is 51.5 Å². The van der Waals surface area contributed by atoms with Gasteiger partial charge in [-0.1, -0.05) is 25.5 Å². The molecule has 0 spiro atoms. The number of hydrogen-bond acceptors (Lipinski definition) is 4.